The van der Waals surface area contributed by atoms with Crippen LogP contribution in [0.3, 0.4) is 0 Å². The number of aliphatic imine (C=N–C) groups is 1. The number of hydrogen-bond acceptors (Lipinski definition) is 3. The first-order chi connectivity index (χ1) is 6.63. The van der Waals surface area contributed by atoms with Gasteiger partial charge in [-0.25, -0.2) is 4.99 Å². The number of likely N-dealkylation sites (tertiary alicyclic amines) is 1. The highest BCUT2D eigenvalue weighted by Crippen LogP contribution is 2.07. The van der Waals surface area contributed by atoms with Gasteiger partial charge in [0.2, 0.25) is 5.84 Å². The van der Waals surface area contributed by atoms with Crippen LogP contribution in [-0.4, -0.2) is 49.5 Å². The predicted molar refractivity (Wildman–Crippen MR) is 55.9 cm³/mol. The third kappa shape index (κ3) is 2.92. The first-order valence-corrected chi connectivity index (χ1v) is 4.68. The van der Waals surface area contributed by atoms with Crippen LogP contribution in [-0.2, 0) is 4.79 Å². The summed E-state index contributed by atoms with van der Waals surface area (Å²) in [5, 5.41) is 9.92. The van der Waals surface area contributed by atoms with Gasteiger partial charge in [-0.3, -0.25) is 10.2 Å². The second-order valence-corrected chi connectivity index (χ2v) is 3.56. The summed E-state index contributed by atoms with van der Waals surface area (Å²) in [7, 11) is 2.06. The quantitative estimate of drug-likeness (QED) is 0.453. The van der Waals surface area contributed by atoms with Crippen molar-refractivity contribution >= 4 is 18.5 Å². The van der Waals surface area contributed by atoms with Crippen LogP contribution in [0, 0.1) is 5.41 Å². The molecule has 1 rings (SSSR count). The van der Waals surface area contributed by atoms with Crippen molar-refractivity contribution in [3.63, 3.8) is 0 Å². The lowest BCUT2D eigenvalue weighted by Crippen LogP contribution is -2.45. The SMILES string of the molecule is C=NC(=N)C(=O)NC1CCN(C)CC1. The largest absolute Gasteiger partial charge is 0.347 e. The zero-order valence-electron chi connectivity index (χ0n) is 8.42. The summed E-state index contributed by atoms with van der Waals surface area (Å²) >= 11 is 0. The van der Waals surface area contributed by atoms with E-state index in [1.54, 1.807) is 0 Å². The van der Waals surface area contributed by atoms with Crippen molar-refractivity contribution in [2.75, 3.05) is 20.1 Å². The summed E-state index contributed by atoms with van der Waals surface area (Å²) in [5.41, 5.74) is 0. The van der Waals surface area contributed by atoms with Crippen molar-refractivity contribution in [3.8, 4) is 0 Å². The van der Waals surface area contributed by atoms with Gasteiger partial charge in [0.1, 0.15) is 0 Å². The second kappa shape index (κ2) is 4.85. The van der Waals surface area contributed by atoms with Crippen LogP contribution < -0.4 is 5.32 Å². The van der Waals surface area contributed by atoms with Crippen molar-refractivity contribution in [1.29, 1.82) is 5.41 Å². The molecule has 1 amide bonds. The highest BCUT2D eigenvalue weighted by molar-refractivity contribution is 6.37. The minimum Gasteiger partial charge on any atom is -0.347 e. The average Bonchev–Trinajstić information content (AvgIpc) is 2.20. The van der Waals surface area contributed by atoms with Crippen molar-refractivity contribution in [3.05, 3.63) is 0 Å². The van der Waals surface area contributed by atoms with Gasteiger partial charge in [0.25, 0.3) is 5.91 Å². The van der Waals surface area contributed by atoms with Crippen molar-refractivity contribution in [2.24, 2.45) is 4.99 Å². The molecule has 2 N–H and O–H groups in total. The molecule has 0 aromatic rings. The normalized spacial score (nSPS) is 18.9. The third-order valence-electron chi connectivity index (χ3n) is 2.43. The fourth-order valence-corrected chi connectivity index (χ4v) is 1.48. The van der Waals surface area contributed by atoms with E-state index in [-0.39, 0.29) is 11.9 Å². The van der Waals surface area contributed by atoms with Crippen LogP contribution in [0.2, 0.25) is 0 Å². The number of carbonyl (C=O) groups is 1. The number of nitrogens with zero attached hydrogens (tertiary/aromatic N) is 2. The Kier molecular flexibility index (Phi) is 3.76. The maximum Gasteiger partial charge on any atom is 0.288 e. The number of nitrogens with one attached hydrogen (secondary N) is 2. The van der Waals surface area contributed by atoms with Gasteiger partial charge in [-0.05, 0) is 39.7 Å². The molecule has 14 heavy (non-hydrogen) atoms. The van der Waals surface area contributed by atoms with Crippen LogP contribution in [0.15, 0.2) is 4.99 Å². The van der Waals surface area contributed by atoms with Crippen LogP contribution in [0.5, 0.6) is 0 Å². The van der Waals surface area contributed by atoms with E-state index in [9.17, 15) is 4.79 Å². The number of piperidine rings is 1. The standard InChI is InChI=1S/C9H16N4O/c1-11-8(10)9(14)12-7-3-5-13(2)6-4-7/h7,10H,1,3-6H2,2H3,(H,12,14). The van der Waals surface area contributed by atoms with Gasteiger partial charge in [-0.15, -0.1) is 0 Å². The van der Waals surface area contributed by atoms with Crippen LogP contribution in [0.4, 0.5) is 0 Å². The number of amides is 1. The zero-order chi connectivity index (χ0) is 10.6. The zero-order valence-corrected chi connectivity index (χ0v) is 8.42. The molecule has 1 saturated heterocycles. The van der Waals surface area contributed by atoms with E-state index in [1.807, 2.05) is 0 Å². The molecule has 0 aromatic carbocycles. The molecule has 1 aliphatic rings. The van der Waals surface area contributed by atoms with Gasteiger partial charge in [0, 0.05) is 6.04 Å². The van der Waals surface area contributed by atoms with Crippen LogP contribution in [0.25, 0.3) is 0 Å². The summed E-state index contributed by atoms with van der Waals surface area (Å²) in [6.45, 7) is 5.12. The Morgan fingerprint density at radius 1 is 1.57 bits per heavy atom. The summed E-state index contributed by atoms with van der Waals surface area (Å²) in [6.07, 6.45) is 1.87. The van der Waals surface area contributed by atoms with E-state index < -0.39 is 5.91 Å². The molecule has 1 aliphatic heterocycles. The summed E-state index contributed by atoms with van der Waals surface area (Å²) in [4.78, 5) is 16.7. The van der Waals surface area contributed by atoms with Crippen molar-refractivity contribution in [1.82, 2.24) is 10.2 Å². The minimum atomic E-state index is -0.422. The third-order valence-corrected chi connectivity index (χ3v) is 2.43. The van der Waals surface area contributed by atoms with E-state index in [2.05, 4.69) is 29.0 Å². The molecule has 0 radical (unpaired) electrons. The first-order valence-electron chi connectivity index (χ1n) is 4.68. The van der Waals surface area contributed by atoms with Gasteiger partial charge >= 0.3 is 0 Å². The average molecular weight is 196 g/mol. The predicted octanol–water partition coefficient (Wildman–Crippen LogP) is -0.125. The number of carbonyl (C=O) groups excluding carboxylic acids is 1. The van der Waals surface area contributed by atoms with Crippen LogP contribution >= 0.6 is 0 Å². The van der Waals surface area contributed by atoms with E-state index >= 15 is 0 Å². The van der Waals surface area contributed by atoms with E-state index in [0.29, 0.717) is 0 Å². The Balaban J connectivity index is 2.34. The monoisotopic (exact) mass is 196 g/mol. The van der Waals surface area contributed by atoms with Gasteiger partial charge in [0.15, 0.2) is 0 Å². The number of hydrogen-bond donors (Lipinski definition) is 2. The topological polar surface area (TPSA) is 68.5 Å². The summed E-state index contributed by atoms with van der Waals surface area (Å²) in [5.74, 6) is -0.724. The molecular formula is C9H16N4O. The Hall–Kier alpha value is -1.23. The molecule has 0 bridgehead atoms. The lowest BCUT2D eigenvalue weighted by molar-refractivity contribution is -0.115. The number of rotatable bonds is 1. The Morgan fingerprint density at radius 3 is 2.64 bits per heavy atom. The molecule has 0 spiro atoms. The fraction of sp³-hybridized carbons (Fsp3) is 0.667. The number of amidine groups is 1. The molecule has 0 unspecified atom stereocenters. The van der Waals surface area contributed by atoms with Gasteiger partial charge in [-0.1, -0.05) is 0 Å². The maximum atomic E-state index is 11.2. The Morgan fingerprint density at radius 2 is 2.14 bits per heavy atom. The van der Waals surface area contributed by atoms with Crippen LogP contribution in [0.1, 0.15) is 12.8 Å². The Labute approximate surface area is 83.7 Å². The molecule has 0 aliphatic carbocycles. The molecule has 5 heteroatoms. The van der Waals surface area contributed by atoms with E-state index in [0.717, 1.165) is 25.9 Å². The van der Waals surface area contributed by atoms with E-state index in [1.165, 1.54) is 0 Å². The first kappa shape index (κ1) is 10.8. The summed E-state index contributed by atoms with van der Waals surface area (Å²) < 4.78 is 0. The minimum absolute atomic E-state index is 0.181. The molecule has 1 heterocycles. The van der Waals surface area contributed by atoms with Crippen molar-refractivity contribution < 1.29 is 4.79 Å². The lowest BCUT2D eigenvalue weighted by atomic mass is 10.1. The molecule has 78 valence electrons. The fourth-order valence-electron chi connectivity index (χ4n) is 1.48. The van der Waals surface area contributed by atoms with E-state index in [4.69, 9.17) is 5.41 Å². The van der Waals surface area contributed by atoms with Gasteiger partial charge in [0.05, 0.1) is 0 Å². The molecule has 5 nitrogen and oxygen atoms in total. The highest BCUT2D eigenvalue weighted by Gasteiger charge is 2.19. The maximum absolute atomic E-state index is 11.2. The molecular weight excluding hydrogens is 180 g/mol. The van der Waals surface area contributed by atoms with Crippen molar-refractivity contribution in [2.45, 2.75) is 18.9 Å². The molecule has 0 aromatic heterocycles. The molecule has 1 fully saturated rings. The second-order valence-electron chi connectivity index (χ2n) is 3.56. The van der Waals surface area contributed by atoms with Gasteiger partial charge in [-0.2, -0.15) is 0 Å². The summed E-state index contributed by atoms with van der Waals surface area (Å²) in [6, 6.07) is 0.181. The molecule has 0 atom stereocenters. The lowest BCUT2D eigenvalue weighted by Gasteiger charge is -2.29. The van der Waals surface area contributed by atoms with Gasteiger partial charge < -0.3 is 10.2 Å². The Bertz CT molecular complexity index is 243. The highest BCUT2D eigenvalue weighted by atomic mass is 16.2. The molecule has 0 saturated carbocycles. The smallest absolute Gasteiger partial charge is 0.288 e.